The predicted molar refractivity (Wildman–Crippen MR) is 86.4 cm³/mol. The summed E-state index contributed by atoms with van der Waals surface area (Å²) in [6, 6.07) is 11.3. The van der Waals surface area contributed by atoms with E-state index in [4.69, 9.17) is 9.47 Å². The average molecular weight is 317 g/mol. The Hall–Kier alpha value is -1.85. The van der Waals surface area contributed by atoms with Crippen LogP contribution in [0.15, 0.2) is 41.8 Å². The number of hydrogen-bond acceptors (Lipinski definition) is 4. The molecule has 0 aliphatic carbocycles. The molecule has 1 saturated heterocycles. The zero-order chi connectivity index (χ0) is 15.2. The summed E-state index contributed by atoms with van der Waals surface area (Å²) in [4.78, 5) is 13.3. The van der Waals surface area contributed by atoms with Crippen LogP contribution in [-0.2, 0) is 11.3 Å². The Bertz CT molecular complexity index is 606. The third-order valence-corrected chi connectivity index (χ3v) is 4.44. The van der Waals surface area contributed by atoms with Crippen LogP contribution in [0.25, 0.3) is 0 Å². The normalized spacial score (nSPS) is 17.4. The van der Waals surface area contributed by atoms with Crippen molar-refractivity contribution >= 4 is 17.2 Å². The van der Waals surface area contributed by atoms with Crippen molar-refractivity contribution in [3.63, 3.8) is 0 Å². The van der Waals surface area contributed by atoms with Gasteiger partial charge in [0.05, 0.1) is 12.6 Å². The molecule has 2 aromatic rings. The van der Waals surface area contributed by atoms with Gasteiger partial charge in [-0.05, 0) is 42.5 Å². The monoisotopic (exact) mass is 317 g/mol. The number of carbonyl (C=O) groups is 1. The van der Waals surface area contributed by atoms with Crippen molar-refractivity contribution in [3.05, 3.63) is 52.2 Å². The largest absolute Gasteiger partial charge is 0.491 e. The number of thiophene rings is 1. The first kappa shape index (κ1) is 15.1. The minimum atomic E-state index is -0.0871. The molecule has 1 aliphatic rings. The van der Waals surface area contributed by atoms with E-state index in [0.717, 1.165) is 24.3 Å². The van der Waals surface area contributed by atoms with Gasteiger partial charge in [-0.1, -0.05) is 12.1 Å². The molecule has 116 valence electrons. The Morgan fingerprint density at radius 2 is 2.32 bits per heavy atom. The van der Waals surface area contributed by atoms with Crippen molar-refractivity contribution in [2.45, 2.75) is 25.5 Å². The highest BCUT2D eigenvalue weighted by atomic mass is 32.1. The maximum Gasteiger partial charge on any atom is 0.251 e. The molecule has 1 unspecified atom stereocenters. The number of rotatable bonds is 6. The molecule has 1 amide bonds. The molecule has 0 radical (unpaired) electrons. The fourth-order valence-electron chi connectivity index (χ4n) is 2.37. The second kappa shape index (κ2) is 7.42. The van der Waals surface area contributed by atoms with Crippen molar-refractivity contribution in [3.8, 4) is 5.75 Å². The summed E-state index contributed by atoms with van der Waals surface area (Å²) in [6.07, 6.45) is 2.32. The molecular formula is C17H19NO3S. The van der Waals surface area contributed by atoms with Gasteiger partial charge in [0.2, 0.25) is 0 Å². The summed E-state index contributed by atoms with van der Waals surface area (Å²) in [5.74, 6) is 0.621. The second-order valence-corrected chi connectivity index (χ2v) is 6.27. The molecule has 1 fully saturated rings. The van der Waals surface area contributed by atoms with Crippen LogP contribution < -0.4 is 10.1 Å². The van der Waals surface area contributed by atoms with Gasteiger partial charge in [0.1, 0.15) is 12.4 Å². The van der Waals surface area contributed by atoms with Crippen LogP contribution in [0.1, 0.15) is 28.1 Å². The van der Waals surface area contributed by atoms with Gasteiger partial charge in [-0.2, -0.15) is 0 Å². The zero-order valence-corrected chi connectivity index (χ0v) is 13.1. The summed E-state index contributed by atoms with van der Waals surface area (Å²) in [6.45, 7) is 1.91. The van der Waals surface area contributed by atoms with E-state index in [0.29, 0.717) is 24.5 Å². The molecule has 2 heterocycles. The predicted octanol–water partition coefficient (Wildman–Crippen LogP) is 3.24. The number of amides is 1. The number of benzene rings is 1. The summed E-state index contributed by atoms with van der Waals surface area (Å²) < 4.78 is 11.3. The van der Waals surface area contributed by atoms with E-state index in [1.165, 1.54) is 0 Å². The van der Waals surface area contributed by atoms with Gasteiger partial charge < -0.3 is 14.8 Å². The zero-order valence-electron chi connectivity index (χ0n) is 12.3. The molecule has 1 aromatic heterocycles. The van der Waals surface area contributed by atoms with E-state index in [-0.39, 0.29) is 12.0 Å². The molecule has 5 heteroatoms. The minimum Gasteiger partial charge on any atom is -0.491 e. The van der Waals surface area contributed by atoms with Gasteiger partial charge in [-0.25, -0.2) is 0 Å². The first-order chi connectivity index (χ1) is 10.8. The molecule has 3 rings (SSSR count). The second-order valence-electron chi connectivity index (χ2n) is 5.24. The van der Waals surface area contributed by atoms with Crippen LogP contribution in [-0.4, -0.2) is 25.2 Å². The SMILES string of the molecule is O=C(NCc1cccs1)c1cccc(OCC2CCCO2)c1. The lowest BCUT2D eigenvalue weighted by Gasteiger charge is -2.12. The summed E-state index contributed by atoms with van der Waals surface area (Å²) >= 11 is 1.63. The van der Waals surface area contributed by atoms with E-state index in [9.17, 15) is 4.79 Å². The molecule has 1 N–H and O–H groups in total. The third-order valence-electron chi connectivity index (χ3n) is 3.56. The topological polar surface area (TPSA) is 47.6 Å². The molecule has 0 saturated carbocycles. The number of ether oxygens (including phenoxy) is 2. The number of carbonyl (C=O) groups excluding carboxylic acids is 1. The van der Waals surface area contributed by atoms with Crippen molar-refractivity contribution in [1.82, 2.24) is 5.32 Å². The fourth-order valence-corrected chi connectivity index (χ4v) is 3.02. The molecule has 1 aliphatic heterocycles. The maximum atomic E-state index is 12.2. The Kier molecular flexibility index (Phi) is 5.08. The van der Waals surface area contributed by atoms with Gasteiger partial charge in [0.25, 0.3) is 5.91 Å². The van der Waals surface area contributed by atoms with Gasteiger partial charge in [-0.3, -0.25) is 4.79 Å². The molecule has 0 spiro atoms. The Morgan fingerprint density at radius 1 is 1.36 bits per heavy atom. The standard InChI is InChI=1S/C17H19NO3S/c19-17(18-11-16-7-3-9-22-16)13-4-1-5-14(10-13)21-12-15-6-2-8-20-15/h1,3-5,7,9-10,15H,2,6,8,11-12H2,(H,18,19). The lowest BCUT2D eigenvalue weighted by molar-refractivity contribution is 0.0679. The highest BCUT2D eigenvalue weighted by molar-refractivity contribution is 7.09. The molecule has 1 aromatic carbocycles. The van der Waals surface area contributed by atoms with E-state index in [1.807, 2.05) is 29.6 Å². The van der Waals surface area contributed by atoms with E-state index < -0.39 is 0 Å². The summed E-state index contributed by atoms with van der Waals surface area (Å²) in [5.41, 5.74) is 0.612. The van der Waals surface area contributed by atoms with Crippen LogP contribution >= 0.6 is 11.3 Å². The lowest BCUT2D eigenvalue weighted by atomic mass is 10.2. The smallest absolute Gasteiger partial charge is 0.251 e. The van der Waals surface area contributed by atoms with E-state index >= 15 is 0 Å². The quantitative estimate of drug-likeness (QED) is 0.890. The van der Waals surface area contributed by atoms with Crippen molar-refractivity contribution in [2.75, 3.05) is 13.2 Å². The highest BCUT2D eigenvalue weighted by Gasteiger charge is 2.16. The van der Waals surface area contributed by atoms with Crippen LogP contribution in [0.4, 0.5) is 0 Å². The van der Waals surface area contributed by atoms with Gasteiger partial charge in [-0.15, -0.1) is 11.3 Å². The first-order valence-corrected chi connectivity index (χ1v) is 8.34. The van der Waals surface area contributed by atoms with E-state index in [2.05, 4.69) is 5.32 Å². The average Bonchev–Trinajstić information content (AvgIpc) is 3.24. The van der Waals surface area contributed by atoms with Crippen molar-refractivity contribution < 1.29 is 14.3 Å². The number of nitrogens with one attached hydrogen (secondary N) is 1. The van der Waals surface area contributed by atoms with Gasteiger partial charge in [0, 0.05) is 17.0 Å². The molecule has 1 atom stereocenters. The maximum absolute atomic E-state index is 12.2. The molecular weight excluding hydrogens is 298 g/mol. The molecule has 4 nitrogen and oxygen atoms in total. The van der Waals surface area contributed by atoms with E-state index in [1.54, 1.807) is 23.5 Å². The van der Waals surface area contributed by atoms with Gasteiger partial charge >= 0.3 is 0 Å². The van der Waals surface area contributed by atoms with Crippen LogP contribution in [0.5, 0.6) is 5.75 Å². The van der Waals surface area contributed by atoms with Crippen LogP contribution in [0, 0.1) is 0 Å². The lowest BCUT2D eigenvalue weighted by Crippen LogP contribution is -2.22. The van der Waals surface area contributed by atoms with Crippen molar-refractivity contribution in [1.29, 1.82) is 0 Å². The highest BCUT2D eigenvalue weighted by Crippen LogP contribution is 2.17. The Labute approximate surface area is 134 Å². The number of hydrogen-bond donors (Lipinski definition) is 1. The summed E-state index contributed by atoms with van der Waals surface area (Å²) in [7, 11) is 0. The molecule has 22 heavy (non-hydrogen) atoms. The van der Waals surface area contributed by atoms with Gasteiger partial charge in [0.15, 0.2) is 0 Å². The first-order valence-electron chi connectivity index (χ1n) is 7.46. The third kappa shape index (κ3) is 4.08. The van der Waals surface area contributed by atoms with Crippen LogP contribution in [0.3, 0.4) is 0 Å². The summed E-state index contributed by atoms with van der Waals surface area (Å²) in [5, 5.41) is 4.92. The minimum absolute atomic E-state index is 0.0871. The fraction of sp³-hybridized carbons (Fsp3) is 0.353. The van der Waals surface area contributed by atoms with Crippen molar-refractivity contribution in [2.24, 2.45) is 0 Å². The van der Waals surface area contributed by atoms with Crippen LogP contribution in [0.2, 0.25) is 0 Å². The Balaban J connectivity index is 1.54. The Morgan fingerprint density at radius 3 is 3.09 bits per heavy atom. The molecule has 0 bridgehead atoms.